The number of hydrogen-bond acceptors (Lipinski definition) is 3. The first kappa shape index (κ1) is 28.0. The van der Waals surface area contributed by atoms with Crippen molar-refractivity contribution in [2.75, 3.05) is 6.61 Å². The monoisotopic (exact) mass is 500 g/mol. The Labute approximate surface area is 221 Å². The van der Waals surface area contributed by atoms with Gasteiger partial charge in [0.15, 0.2) is 6.61 Å². The number of nitrogens with zero attached hydrogens (tertiary/aromatic N) is 1. The fourth-order valence-electron chi connectivity index (χ4n) is 4.20. The highest BCUT2D eigenvalue weighted by Gasteiger charge is 2.31. The summed E-state index contributed by atoms with van der Waals surface area (Å²) in [5.74, 6) is 0.590. The molecule has 0 aliphatic heterocycles. The lowest BCUT2D eigenvalue weighted by molar-refractivity contribution is -0.143. The maximum atomic E-state index is 13.8. The Hall–Kier alpha value is -3.60. The van der Waals surface area contributed by atoms with Crippen molar-refractivity contribution < 1.29 is 14.3 Å². The highest BCUT2D eigenvalue weighted by atomic mass is 16.5. The van der Waals surface area contributed by atoms with E-state index >= 15 is 0 Å². The van der Waals surface area contributed by atoms with E-state index in [1.165, 1.54) is 0 Å². The average Bonchev–Trinajstić information content (AvgIpc) is 2.90. The molecule has 0 aromatic heterocycles. The van der Waals surface area contributed by atoms with Crippen LogP contribution in [0.3, 0.4) is 0 Å². The van der Waals surface area contributed by atoms with Crippen molar-refractivity contribution in [1.82, 2.24) is 10.2 Å². The lowest BCUT2D eigenvalue weighted by atomic mass is 10.0. The van der Waals surface area contributed by atoms with Gasteiger partial charge in [-0.15, -0.1) is 0 Å². The number of carbonyl (C=O) groups excluding carboxylic acids is 2. The molecule has 0 fully saturated rings. The number of ether oxygens (including phenoxy) is 1. The Morgan fingerprint density at radius 2 is 1.51 bits per heavy atom. The zero-order valence-electron chi connectivity index (χ0n) is 22.7. The van der Waals surface area contributed by atoms with Crippen LogP contribution in [0.1, 0.15) is 62.3 Å². The maximum Gasteiger partial charge on any atom is 0.261 e. The van der Waals surface area contributed by atoms with Gasteiger partial charge in [0.25, 0.3) is 5.91 Å². The molecule has 0 radical (unpaired) electrons. The maximum absolute atomic E-state index is 13.8. The Morgan fingerprint density at radius 3 is 2.16 bits per heavy atom. The summed E-state index contributed by atoms with van der Waals surface area (Å²) in [6.07, 6.45) is 1.23. The summed E-state index contributed by atoms with van der Waals surface area (Å²) in [4.78, 5) is 29.0. The third-order valence-electron chi connectivity index (χ3n) is 6.64. The zero-order chi connectivity index (χ0) is 26.8. The van der Waals surface area contributed by atoms with Gasteiger partial charge in [-0.3, -0.25) is 9.59 Å². The molecule has 3 aromatic rings. The summed E-state index contributed by atoms with van der Waals surface area (Å²) in [6, 6.07) is 25.1. The second-order valence-corrected chi connectivity index (χ2v) is 10.0. The molecule has 0 bridgehead atoms. The van der Waals surface area contributed by atoms with Gasteiger partial charge in [0, 0.05) is 19.0 Å². The quantitative estimate of drug-likeness (QED) is 0.329. The molecule has 0 spiro atoms. The fourth-order valence-corrected chi connectivity index (χ4v) is 4.20. The van der Waals surface area contributed by atoms with Crippen LogP contribution in [-0.4, -0.2) is 35.4 Å². The number of para-hydroxylation sites is 1. The van der Waals surface area contributed by atoms with E-state index in [-0.39, 0.29) is 30.4 Å². The Kier molecular flexibility index (Phi) is 10.3. The van der Waals surface area contributed by atoms with Gasteiger partial charge in [0.05, 0.1) is 0 Å². The van der Waals surface area contributed by atoms with Crippen molar-refractivity contribution in [3.8, 4) is 5.75 Å². The zero-order valence-corrected chi connectivity index (χ0v) is 22.7. The molecule has 0 saturated carbocycles. The average molecular weight is 501 g/mol. The summed E-state index contributed by atoms with van der Waals surface area (Å²) < 4.78 is 6.06. The summed E-state index contributed by atoms with van der Waals surface area (Å²) in [6.45, 7) is 10.4. The normalized spacial score (nSPS) is 12.6. The molecule has 0 saturated heterocycles. The van der Waals surface area contributed by atoms with Crippen LogP contribution in [-0.2, 0) is 22.6 Å². The van der Waals surface area contributed by atoms with E-state index in [4.69, 9.17) is 4.74 Å². The molecule has 196 valence electrons. The Morgan fingerprint density at radius 1 is 0.865 bits per heavy atom. The number of rotatable bonds is 12. The van der Waals surface area contributed by atoms with Gasteiger partial charge in [-0.1, -0.05) is 99.1 Å². The minimum absolute atomic E-state index is 0.0104. The van der Waals surface area contributed by atoms with Crippen LogP contribution >= 0.6 is 0 Å². The molecular formula is C32H40N2O3. The summed E-state index contributed by atoms with van der Waals surface area (Å²) in [5, 5.41) is 3.10. The first-order chi connectivity index (χ1) is 17.8. The van der Waals surface area contributed by atoms with Gasteiger partial charge in [-0.05, 0) is 48.9 Å². The molecule has 3 rings (SSSR count). The number of benzene rings is 3. The van der Waals surface area contributed by atoms with Crippen molar-refractivity contribution in [3.63, 3.8) is 0 Å². The molecule has 37 heavy (non-hydrogen) atoms. The molecule has 3 aromatic carbocycles. The van der Waals surface area contributed by atoms with Crippen LogP contribution in [0.25, 0.3) is 0 Å². The van der Waals surface area contributed by atoms with E-state index < -0.39 is 6.04 Å². The molecule has 0 unspecified atom stereocenters. The summed E-state index contributed by atoms with van der Waals surface area (Å²) in [5.41, 5.74) is 4.16. The molecule has 5 nitrogen and oxygen atoms in total. The Bertz CT molecular complexity index is 1140. The van der Waals surface area contributed by atoms with Crippen molar-refractivity contribution in [3.05, 3.63) is 101 Å². The second-order valence-electron chi connectivity index (χ2n) is 10.0. The number of aryl methyl sites for hydroxylation is 1. The number of nitrogens with one attached hydrogen (secondary N) is 1. The predicted molar refractivity (Wildman–Crippen MR) is 150 cm³/mol. The van der Waals surface area contributed by atoms with Gasteiger partial charge in [0.2, 0.25) is 5.91 Å². The minimum Gasteiger partial charge on any atom is -0.483 e. The lowest BCUT2D eigenvalue weighted by Gasteiger charge is -2.32. The van der Waals surface area contributed by atoms with Gasteiger partial charge in [0.1, 0.15) is 11.8 Å². The molecule has 0 aliphatic rings. The second kappa shape index (κ2) is 13.6. The van der Waals surface area contributed by atoms with E-state index in [0.29, 0.717) is 18.7 Å². The van der Waals surface area contributed by atoms with Gasteiger partial charge in [-0.25, -0.2) is 0 Å². The van der Waals surface area contributed by atoms with E-state index in [0.717, 1.165) is 28.7 Å². The summed E-state index contributed by atoms with van der Waals surface area (Å²) >= 11 is 0. The Balaban J connectivity index is 1.93. The topological polar surface area (TPSA) is 58.6 Å². The molecule has 1 N–H and O–H groups in total. The number of carbonyl (C=O) groups is 2. The van der Waals surface area contributed by atoms with Crippen molar-refractivity contribution >= 4 is 11.8 Å². The van der Waals surface area contributed by atoms with Gasteiger partial charge in [-0.2, -0.15) is 0 Å². The summed E-state index contributed by atoms with van der Waals surface area (Å²) in [7, 11) is 0. The van der Waals surface area contributed by atoms with Crippen LogP contribution in [0.4, 0.5) is 0 Å². The van der Waals surface area contributed by atoms with Crippen LogP contribution in [0.2, 0.25) is 0 Å². The van der Waals surface area contributed by atoms with Gasteiger partial charge < -0.3 is 15.0 Å². The smallest absolute Gasteiger partial charge is 0.261 e. The molecule has 5 heteroatoms. The highest BCUT2D eigenvalue weighted by molar-refractivity contribution is 5.88. The SMILES string of the molecule is CC[C@H](C)NC(=O)[C@@H](Cc1ccccc1)N(Cc1ccc(C)cc1)C(=O)COc1ccccc1C(C)C. The first-order valence-corrected chi connectivity index (χ1v) is 13.2. The van der Waals surface area contributed by atoms with Gasteiger partial charge >= 0.3 is 0 Å². The largest absolute Gasteiger partial charge is 0.483 e. The third-order valence-corrected chi connectivity index (χ3v) is 6.64. The standard InChI is InChI=1S/C32H40N2O3/c1-6-25(5)33-32(36)29(20-26-12-8-7-9-13-26)34(21-27-18-16-24(4)17-19-27)31(35)22-37-30-15-11-10-14-28(30)23(2)3/h7-19,23,25,29H,6,20-22H2,1-5H3,(H,33,36)/t25-,29+/m0/s1. The fraction of sp³-hybridized carbons (Fsp3) is 0.375. The molecular weight excluding hydrogens is 460 g/mol. The first-order valence-electron chi connectivity index (χ1n) is 13.2. The van der Waals surface area contributed by atoms with E-state index in [1.54, 1.807) is 4.90 Å². The van der Waals surface area contributed by atoms with E-state index in [1.807, 2.05) is 99.6 Å². The number of hydrogen-bond donors (Lipinski definition) is 1. The van der Waals surface area contributed by atoms with Crippen LogP contribution in [0.5, 0.6) is 5.75 Å². The molecule has 2 atom stereocenters. The lowest BCUT2D eigenvalue weighted by Crippen LogP contribution is -2.53. The van der Waals surface area contributed by atoms with E-state index in [2.05, 4.69) is 19.2 Å². The van der Waals surface area contributed by atoms with E-state index in [9.17, 15) is 9.59 Å². The van der Waals surface area contributed by atoms with Crippen molar-refractivity contribution in [2.45, 2.75) is 72.0 Å². The number of amides is 2. The molecule has 0 heterocycles. The highest BCUT2D eigenvalue weighted by Crippen LogP contribution is 2.26. The minimum atomic E-state index is -0.672. The van der Waals surface area contributed by atoms with Crippen LogP contribution in [0.15, 0.2) is 78.9 Å². The van der Waals surface area contributed by atoms with Crippen LogP contribution in [0, 0.1) is 6.92 Å². The predicted octanol–water partition coefficient (Wildman–Crippen LogP) is 6.05. The van der Waals surface area contributed by atoms with Crippen molar-refractivity contribution in [1.29, 1.82) is 0 Å². The van der Waals surface area contributed by atoms with Crippen LogP contribution < -0.4 is 10.1 Å². The molecule has 2 amide bonds. The third kappa shape index (κ3) is 8.21. The molecule has 0 aliphatic carbocycles. The van der Waals surface area contributed by atoms with Crippen molar-refractivity contribution in [2.24, 2.45) is 0 Å².